The number of ether oxygens (including phenoxy) is 2. The summed E-state index contributed by atoms with van der Waals surface area (Å²) in [5.41, 5.74) is 7.06. The Bertz CT molecular complexity index is 491. The van der Waals surface area contributed by atoms with Crippen LogP contribution in [0.25, 0.3) is 0 Å². The van der Waals surface area contributed by atoms with E-state index >= 15 is 0 Å². The molecule has 0 aromatic heterocycles. The van der Waals surface area contributed by atoms with Crippen LogP contribution in [0.4, 0.5) is 5.69 Å². The van der Waals surface area contributed by atoms with Crippen molar-refractivity contribution in [3.63, 3.8) is 0 Å². The predicted molar refractivity (Wildman–Crippen MR) is 80.2 cm³/mol. The summed E-state index contributed by atoms with van der Waals surface area (Å²) in [5.74, 6) is 0.631. The molecule has 3 N–H and O–H groups in total. The van der Waals surface area contributed by atoms with Crippen molar-refractivity contribution in [3.8, 4) is 5.75 Å². The van der Waals surface area contributed by atoms with E-state index in [9.17, 15) is 4.79 Å². The highest BCUT2D eigenvalue weighted by atomic mass is 35.5. The Labute approximate surface area is 125 Å². The number of nitrogens with one attached hydrogen (secondary N) is 1. The summed E-state index contributed by atoms with van der Waals surface area (Å²) >= 11 is 0. The topological polar surface area (TPSA) is 73.6 Å². The third kappa shape index (κ3) is 3.77. The van der Waals surface area contributed by atoms with E-state index < -0.39 is 0 Å². The van der Waals surface area contributed by atoms with Crippen LogP contribution >= 0.6 is 12.4 Å². The van der Waals surface area contributed by atoms with Crippen LogP contribution in [0.15, 0.2) is 18.2 Å². The summed E-state index contributed by atoms with van der Waals surface area (Å²) in [6.07, 6.45) is 0.693. The third-order valence-electron chi connectivity index (χ3n) is 3.10. The fourth-order valence-corrected chi connectivity index (χ4v) is 2.37. The van der Waals surface area contributed by atoms with Gasteiger partial charge in [-0.15, -0.1) is 12.4 Å². The Morgan fingerprint density at radius 2 is 2.25 bits per heavy atom. The van der Waals surface area contributed by atoms with E-state index in [1.54, 1.807) is 6.07 Å². The van der Waals surface area contributed by atoms with E-state index in [2.05, 4.69) is 5.32 Å². The lowest BCUT2D eigenvalue weighted by atomic mass is 9.89. The average Bonchev–Trinajstić information content (AvgIpc) is 2.29. The number of anilines is 1. The molecular formula is C14H21ClN2O3. The zero-order valence-electron chi connectivity index (χ0n) is 11.9. The van der Waals surface area contributed by atoms with E-state index in [4.69, 9.17) is 15.2 Å². The van der Waals surface area contributed by atoms with Gasteiger partial charge in [0, 0.05) is 24.8 Å². The van der Waals surface area contributed by atoms with Gasteiger partial charge in [-0.05, 0) is 32.0 Å². The molecule has 1 heterocycles. The lowest BCUT2D eigenvalue weighted by Gasteiger charge is -2.38. The summed E-state index contributed by atoms with van der Waals surface area (Å²) in [6, 6.07) is 5.39. The smallest absolute Gasteiger partial charge is 0.246 e. The molecule has 1 aromatic carbocycles. The maximum absolute atomic E-state index is 11.7. The van der Waals surface area contributed by atoms with Gasteiger partial charge >= 0.3 is 0 Å². The average molecular weight is 301 g/mol. The van der Waals surface area contributed by atoms with Crippen LogP contribution in [-0.2, 0) is 9.53 Å². The van der Waals surface area contributed by atoms with E-state index in [1.165, 1.54) is 7.11 Å². The van der Waals surface area contributed by atoms with Crippen LogP contribution in [0.1, 0.15) is 31.9 Å². The molecule has 1 aliphatic heterocycles. The summed E-state index contributed by atoms with van der Waals surface area (Å²) in [5, 5.41) is 2.96. The molecule has 6 heteroatoms. The maximum atomic E-state index is 11.7. The van der Waals surface area contributed by atoms with Crippen molar-refractivity contribution in [2.75, 3.05) is 19.5 Å². The fraction of sp³-hybridized carbons (Fsp3) is 0.500. The largest absolute Gasteiger partial charge is 0.487 e. The normalized spacial score (nSPS) is 19.2. The molecule has 0 spiro atoms. The molecule has 2 rings (SSSR count). The number of benzene rings is 1. The minimum atomic E-state index is -0.325. The van der Waals surface area contributed by atoms with E-state index in [0.717, 1.165) is 11.3 Å². The number of halogens is 1. The number of nitrogens with two attached hydrogens (primary N) is 1. The van der Waals surface area contributed by atoms with Gasteiger partial charge in [0.2, 0.25) is 5.91 Å². The Balaban J connectivity index is 0.00000200. The second kappa shape index (κ2) is 6.33. The number of carbonyl (C=O) groups is 1. The molecule has 1 amide bonds. The Morgan fingerprint density at radius 3 is 2.90 bits per heavy atom. The highest BCUT2D eigenvalue weighted by Crippen LogP contribution is 2.40. The lowest BCUT2D eigenvalue weighted by Crippen LogP contribution is -2.42. The number of amides is 1. The number of hydrogen-bond acceptors (Lipinski definition) is 4. The summed E-state index contributed by atoms with van der Waals surface area (Å²) < 4.78 is 10.7. The third-order valence-corrected chi connectivity index (χ3v) is 3.10. The molecule has 112 valence electrons. The number of hydrogen-bond donors (Lipinski definition) is 2. The Hall–Kier alpha value is -1.46. The van der Waals surface area contributed by atoms with Gasteiger partial charge in [0.25, 0.3) is 0 Å². The van der Waals surface area contributed by atoms with E-state index in [1.807, 2.05) is 26.0 Å². The Kier molecular flexibility index (Phi) is 5.25. The van der Waals surface area contributed by atoms with Crippen molar-refractivity contribution in [2.24, 2.45) is 0 Å². The first kappa shape index (κ1) is 16.6. The molecule has 0 saturated carbocycles. The van der Waals surface area contributed by atoms with Crippen molar-refractivity contribution in [3.05, 3.63) is 23.8 Å². The van der Waals surface area contributed by atoms with Crippen molar-refractivity contribution in [2.45, 2.75) is 31.9 Å². The number of rotatable bonds is 3. The molecule has 1 atom stereocenters. The first-order valence-electron chi connectivity index (χ1n) is 6.28. The molecule has 1 unspecified atom stereocenters. The van der Waals surface area contributed by atoms with Crippen LogP contribution in [0.3, 0.4) is 0 Å². The van der Waals surface area contributed by atoms with Crippen molar-refractivity contribution in [1.82, 2.24) is 5.32 Å². The highest BCUT2D eigenvalue weighted by Gasteiger charge is 2.34. The second-order valence-corrected chi connectivity index (χ2v) is 5.42. The van der Waals surface area contributed by atoms with Crippen LogP contribution in [0.5, 0.6) is 5.75 Å². The minimum Gasteiger partial charge on any atom is -0.487 e. The van der Waals surface area contributed by atoms with E-state index in [0.29, 0.717) is 12.1 Å². The molecule has 1 aliphatic rings. The van der Waals surface area contributed by atoms with Crippen molar-refractivity contribution < 1.29 is 14.3 Å². The lowest BCUT2D eigenvalue weighted by molar-refractivity contribution is -0.126. The molecule has 0 bridgehead atoms. The zero-order valence-corrected chi connectivity index (χ0v) is 12.8. The van der Waals surface area contributed by atoms with Crippen LogP contribution in [-0.4, -0.2) is 25.2 Å². The second-order valence-electron chi connectivity index (χ2n) is 5.42. The monoisotopic (exact) mass is 300 g/mol. The first-order chi connectivity index (χ1) is 8.91. The quantitative estimate of drug-likeness (QED) is 0.838. The molecule has 5 nitrogen and oxygen atoms in total. The predicted octanol–water partition coefficient (Wildman–Crippen LogP) is 2.06. The zero-order chi connectivity index (χ0) is 14.0. The van der Waals surface area contributed by atoms with Gasteiger partial charge in [-0.3, -0.25) is 4.79 Å². The number of methoxy groups -OCH3 is 1. The van der Waals surface area contributed by atoms with Gasteiger partial charge in [-0.1, -0.05) is 0 Å². The van der Waals surface area contributed by atoms with Gasteiger partial charge < -0.3 is 20.5 Å². The van der Waals surface area contributed by atoms with Crippen LogP contribution in [0, 0.1) is 0 Å². The molecule has 1 aromatic rings. The SMILES string of the molecule is COCC(=O)NC1CC(C)(C)Oc2ccc(N)cc21.Cl. The standard InChI is InChI=1S/C14H20N2O3.ClH/c1-14(2)7-11(16-13(17)8-18-3)10-6-9(15)4-5-12(10)19-14;/h4-6,11H,7-8,15H2,1-3H3,(H,16,17);1H. The number of fused-ring (bicyclic) bond motifs is 1. The Morgan fingerprint density at radius 1 is 1.55 bits per heavy atom. The van der Waals surface area contributed by atoms with Gasteiger partial charge in [0.05, 0.1) is 6.04 Å². The van der Waals surface area contributed by atoms with Gasteiger partial charge in [0.1, 0.15) is 18.0 Å². The minimum absolute atomic E-state index is 0. The molecular weight excluding hydrogens is 280 g/mol. The number of nitrogen functional groups attached to an aromatic ring is 1. The summed E-state index contributed by atoms with van der Waals surface area (Å²) in [6.45, 7) is 4.05. The molecule has 0 fully saturated rings. The van der Waals surface area contributed by atoms with Crippen LogP contribution in [0.2, 0.25) is 0 Å². The molecule has 20 heavy (non-hydrogen) atoms. The number of carbonyl (C=O) groups excluding carboxylic acids is 1. The molecule has 0 radical (unpaired) electrons. The van der Waals surface area contributed by atoms with Gasteiger partial charge in [-0.25, -0.2) is 0 Å². The van der Waals surface area contributed by atoms with E-state index in [-0.39, 0.29) is 36.6 Å². The highest BCUT2D eigenvalue weighted by molar-refractivity contribution is 5.85. The molecule has 0 aliphatic carbocycles. The van der Waals surface area contributed by atoms with Gasteiger partial charge in [-0.2, -0.15) is 0 Å². The van der Waals surface area contributed by atoms with Crippen molar-refractivity contribution in [1.29, 1.82) is 0 Å². The molecule has 0 saturated heterocycles. The maximum Gasteiger partial charge on any atom is 0.246 e. The fourth-order valence-electron chi connectivity index (χ4n) is 2.37. The first-order valence-corrected chi connectivity index (χ1v) is 6.28. The van der Waals surface area contributed by atoms with Crippen molar-refractivity contribution >= 4 is 24.0 Å². The summed E-state index contributed by atoms with van der Waals surface area (Å²) in [4.78, 5) is 11.7. The van der Waals surface area contributed by atoms with Gasteiger partial charge in [0.15, 0.2) is 0 Å². The van der Waals surface area contributed by atoms with Crippen LogP contribution < -0.4 is 15.8 Å². The summed E-state index contributed by atoms with van der Waals surface area (Å²) in [7, 11) is 1.50.